The molecule has 4 heavy (non-hydrogen) atoms. The monoisotopic (exact) mass is 204 g/mol. The summed E-state index contributed by atoms with van der Waals surface area (Å²) in [5.41, 5.74) is 0. The molecule has 0 radical (unpaired) electrons. The molecule has 0 bridgehead atoms. The predicted molar refractivity (Wildman–Crippen MR) is 10.7 cm³/mol. The van der Waals surface area contributed by atoms with E-state index in [1.807, 2.05) is 0 Å². The molecule has 4 heteroatoms. The quantitative estimate of drug-likeness (QED) is 0.581. The molecule has 0 aromatic rings. The number of hydrogen-bond donors (Lipinski definition) is 0. The molecule has 0 saturated carbocycles. The van der Waals surface area contributed by atoms with Crippen LogP contribution in [0, 0.1) is 0 Å². The Morgan fingerprint density at radius 1 is 2.00 bits per heavy atom. The summed E-state index contributed by atoms with van der Waals surface area (Å²) < 4.78 is 19.5. The Kier molecular flexibility index (Phi) is 2.98. The van der Waals surface area contributed by atoms with Crippen LogP contribution in [0.3, 0.4) is 0 Å². The maximum atomic E-state index is 10.6. The van der Waals surface area contributed by atoms with E-state index in [9.17, 15) is 2.63 Å². The van der Waals surface area contributed by atoms with Gasteiger partial charge in [-0.05, 0) is 0 Å². The zero-order valence-electron chi connectivity index (χ0n) is 1.66. The molecule has 0 aromatic heterocycles. The van der Waals surface area contributed by atoms with E-state index in [0.717, 1.165) is 0 Å². The first-order valence-electron chi connectivity index (χ1n) is 0.582. The zero-order valence-corrected chi connectivity index (χ0v) is 5.71. The maximum absolute atomic E-state index is 10.6. The van der Waals surface area contributed by atoms with Gasteiger partial charge in [-0.2, -0.15) is 0 Å². The SMILES string of the molecule is [O]=[Zr]([F])[Br]. The zero-order chi connectivity index (χ0) is 3.58. The van der Waals surface area contributed by atoms with Crippen LogP contribution in [0.1, 0.15) is 0 Å². The standard InChI is InChI=1S/BrH.FH.O.Zr/h2*1H;;/q;;;+2/p-2. The first-order chi connectivity index (χ1) is 1.73. The van der Waals surface area contributed by atoms with E-state index in [4.69, 9.17) is 2.81 Å². The Labute approximate surface area is 37.6 Å². The van der Waals surface area contributed by atoms with Gasteiger partial charge in [0.1, 0.15) is 0 Å². The van der Waals surface area contributed by atoms with Crippen LogP contribution in [0.4, 0.5) is 2.63 Å². The molecule has 0 aliphatic carbocycles. The average molecular weight is 206 g/mol. The molecule has 1 nitrogen and oxygen atoms in total. The number of rotatable bonds is 0. The van der Waals surface area contributed by atoms with Gasteiger partial charge in [-0.15, -0.1) is 0 Å². The Morgan fingerprint density at radius 2 is 2.00 bits per heavy atom. The molecule has 0 N–H and O–H groups in total. The van der Waals surface area contributed by atoms with Crippen LogP contribution >= 0.6 is 12.2 Å². The minimum absolute atomic E-state index is 2.25. The summed E-state index contributed by atoms with van der Waals surface area (Å²) in [5, 5.41) is 0. The van der Waals surface area contributed by atoms with Crippen molar-refractivity contribution in [3.8, 4) is 0 Å². The van der Waals surface area contributed by atoms with Crippen LogP contribution in [-0.2, 0) is 22.8 Å². The second-order valence-corrected chi connectivity index (χ2v) is 5.02. The van der Waals surface area contributed by atoms with Gasteiger partial charge in [-0.3, -0.25) is 0 Å². The van der Waals surface area contributed by atoms with Crippen molar-refractivity contribution in [2.24, 2.45) is 0 Å². The molecule has 0 rings (SSSR count). The van der Waals surface area contributed by atoms with E-state index in [0.29, 0.717) is 0 Å². The van der Waals surface area contributed by atoms with Crippen LogP contribution in [0.2, 0.25) is 0 Å². The van der Waals surface area contributed by atoms with Crippen molar-refractivity contribution < 1.29 is 25.5 Å². The molecule has 0 heterocycles. The predicted octanol–water partition coefficient (Wildman–Crippen LogP) is 1.14. The summed E-state index contributed by atoms with van der Waals surface area (Å²) in [6, 6.07) is 0. The third-order valence-electron chi connectivity index (χ3n) is 0. The molecule has 24 valence electrons. The van der Waals surface area contributed by atoms with Crippen molar-refractivity contribution in [3.05, 3.63) is 0 Å². The van der Waals surface area contributed by atoms with Gasteiger partial charge in [0.05, 0.1) is 0 Å². The van der Waals surface area contributed by atoms with E-state index in [-0.39, 0.29) is 0 Å². The van der Waals surface area contributed by atoms with E-state index in [1.165, 1.54) is 0 Å². The molecule has 0 unspecified atom stereocenters. The average Bonchev–Trinajstić information content (AvgIpc) is 0.811. The van der Waals surface area contributed by atoms with Gasteiger partial charge in [0.2, 0.25) is 0 Å². The van der Waals surface area contributed by atoms with Gasteiger partial charge in [0.15, 0.2) is 0 Å². The summed E-state index contributed by atoms with van der Waals surface area (Å²) in [4.78, 5) is 0. The third kappa shape index (κ3) is 11.3. The normalized spacial score (nSPS) is 6.50. The molecule has 0 amide bonds. The topological polar surface area (TPSA) is 17.1 Å². The summed E-state index contributed by atoms with van der Waals surface area (Å²) in [7, 11) is 0. The Morgan fingerprint density at radius 3 is 2.00 bits per heavy atom. The van der Waals surface area contributed by atoms with Crippen LogP contribution in [0.15, 0.2) is 0 Å². The Bertz CT molecular complexity index is 31.0. The number of hydrogen-bond acceptors (Lipinski definition) is 1. The van der Waals surface area contributed by atoms with Crippen LogP contribution in [-0.4, -0.2) is 0 Å². The van der Waals surface area contributed by atoms with Crippen molar-refractivity contribution in [1.82, 2.24) is 0 Å². The number of halogens is 2. The molecule has 0 saturated heterocycles. The molecular formula is BrFOZr. The van der Waals surface area contributed by atoms with Gasteiger partial charge >= 0.3 is 37.7 Å². The van der Waals surface area contributed by atoms with E-state index in [1.54, 1.807) is 0 Å². The molecule has 0 aromatic carbocycles. The fourth-order valence-electron chi connectivity index (χ4n) is 0. The van der Waals surface area contributed by atoms with Crippen molar-refractivity contribution in [2.45, 2.75) is 0 Å². The summed E-state index contributed by atoms with van der Waals surface area (Å²) in [6.07, 6.45) is 0. The van der Waals surface area contributed by atoms with Gasteiger partial charge in [0, 0.05) is 0 Å². The van der Waals surface area contributed by atoms with Crippen LogP contribution < -0.4 is 0 Å². The molecule has 0 fully saturated rings. The molecule has 0 atom stereocenters. The summed E-state index contributed by atoms with van der Waals surface area (Å²) in [5.74, 6) is 0. The molecule has 0 aliphatic rings. The first-order valence-corrected chi connectivity index (χ1v) is 8.14. The third-order valence-corrected chi connectivity index (χ3v) is 0. The minimum atomic E-state index is -3.48. The fourth-order valence-corrected chi connectivity index (χ4v) is 0. The second kappa shape index (κ2) is 2.34. The van der Waals surface area contributed by atoms with Gasteiger partial charge in [0.25, 0.3) is 0 Å². The second-order valence-electron chi connectivity index (χ2n) is 0.226. The fraction of sp³-hybridized carbons (Fsp3) is 0. The van der Waals surface area contributed by atoms with E-state index < -0.39 is 20.0 Å². The van der Waals surface area contributed by atoms with Gasteiger partial charge in [-0.1, -0.05) is 0 Å². The molecule has 0 aliphatic heterocycles. The van der Waals surface area contributed by atoms with Crippen molar-refractivity contribution in [1.29, 1.82) is 0 Å². The van der Waals surface area contributed by atoms with Crippen LogP contribution in [0.5, 0.6) is 0 Å². The van der Waals surface area contributed by atoms with Gasteiger partial charge < -0.3 is 0 Å². The Balaban J connectivity index is 2.80. The summed E-state index contributed by atoms with van der Waals surface area (Å²) in [6.45, 7) is 0. The summed E-state index contributed by atoms with van der Waals surface area (Å²) >= 11 is -1.24. The molecular weight excluding hydrogens is 206 g/mol. The Hall–Kier alpha value is 1.09. The van der Waals surface area contributed by atoms with Crippen molar-refractivity contribution >= 4 is 12.2 Å². The molecule has 0 spiro atoms. The van der Waals surface area contributed by atoms with Crippen LogP contribution in [0.25, 0.3) is 0 Å². The van der Waals surface area contributed by atoms with Gasteiger partial charge in [-0.25, -0.2) is 0 Å². The first kappa shape index (κ1) is 5.09. The van der Waals surface area contributed by atoms with Crippen molar-refractivity contribution in [3.63, 3.8) is 0 Å². The van der Waals surface area contributed by atoms with E-state index >= 15 is 0 Å². The van der Waals surface area contributed by atoms with Crippen molar-refractivity contribution in [2.75, 3.05) is 0 Å². The van der Waals surface area contributed by atoms with E-state index in [2.05, 4.69) is 12.2 Å².